The van der Waals surface area contributed by atoms with Crippen LogP contribution in [0.15, 0.2) is 24.3 Å². The Morgan fingerprint density at radius 1 is 1.20 bits per heavy atom. The molecule has 0 aliphatic rings. The van der Waals surface area contributed by atoms with E-state index in [-0.39, 0.29) is 6.61 Å². The summed E-state index contributed by atoms with van der Waals surface area (Å²) in [6, 6.07) is 7.77. The Bertz CT molecular complexity index is 712. The number of aliphatic carboxylic acids is 1. The predicted molar refractivity (Wildman–Crippen MR) is 101 cm³/mol. The van der Waals surface area contributed by atoms with Gasteiger partial charge in [-0.1, -0.05) is 58.1 Å². The summed E-state index contributed by atoms with van der Waals surface area (Å²) in [5.41, 5.74) is 2.84. The van der Waals surface area contributed by atoms with Gasteiger partial charge in [0.25, 0.3) is 0 Å². The quantitative estimate of drug-likeness (QED) is 0.581. The number of hydrogen-bond donors (Lipinski definition) is 1. The zero-order valence-electron chi connectivity index (χ0n) is 15.5. The van der Waals surface area contributed by atoms with E-state index in [9.17, 15) is 4.79 Å². The molecule has 1 heterocycles. The zero-order valence-corrected chi connectivity index (χ0v) is 15.5. The number of benzene rings is 1. The van der Waals surface area contributed by atoms with Gasteiger partial charge in [0.1, 0.15) is 5.75 Å². The van der Waals surface area contributed by atoms with Crippen LogP contribution in [0.5, 0.6) is 5.75 Å². The number of rotatable bonds is 10. The average Bonchev–Trinajstić information content (AvgIpc) is 2.60. The van der Waals surface area contributed by atoms with Gasteiger partial charge < -0.3 is 9.84 Å². The van der Waals surface area contributed by atoms with Crippen molar-refractivity contribution >= 4 is 16.9 Å². The summed E-state index contributed by atoms with van der Waals surface area (Å²) < 4.78 is 5.62. The van der Waals surface area contributed by atoms with E-state index in [4.69, 9.17) is 14.8 Å². The van der Waals surface area contributed by atoms with E-state index in [0.29, 0.717) is 11.7 Å². The van der Waals surface area contributed by atoms with Crippen LogP contribution in [0, 0.1) is 6.92 Å². The van der Waals surface area contributed by atoms with Gasteiger partial charge in [0, 0.05) is 10.9 Å². The van der Waals surface area contributed by atoms with Crippen molar-refractivity contribution in [3.8, 4) is 5.75 Å². The first-order valence-electron chi connectivity index (χ1n) is 9.28. The van der Waals surface area contributed by atoms with Gasteiger partial charge >= 0.3 is 5.97 Å². The fraction of sp³-hybridized carbons (Fsp3) is 0.524. The number of aromatic nitrogens is 1. The highest BCUT2D eigenvalue weighted by atomic mass is 16.5. The zero-order chi connectivity index (χ0) is 18.2. The number of hydrogen-bond acceptors (Lipinski definition) is 3. The molecule has 0 amide bonds. The highest BCUT2D eigenvalue weighted by Crippen LogP contribution is 2.34. The first-order valence-corrected chi connectivity index (χ1v) is 9.28. The standard InChI is InChI=1S/C21H29NO3/c1-4-5-6-7-8-11-15(2)20-16(3)21(25-14-19(23)24)17-12-9-10-13-18(17)22-20/h9-10,12-13,15H,4-8,11,14H2,1-3H3,(H,23,24)/t15-/m0/s1. The van der Waals surface area contributed by atoms with Crippen molar-refractivity contribution in [1.82, 2.24) is 4.98 Å². The van der Waals surface area contributed by atoms with Gasteiger partial charge in [-0.3, -0.25) is 4.98 Å². The maximum atomic E-state index is 10.9. The lowest BCUT2D eigenvalue weighted by Gasteiger charge is -2.18. The SMILES string of the molecule is CCCCCCC[C@H](C)c1nc2ccccc2c(OCC(=O)O)c1C. The first kappa shape index (κ1) is 19.2. The molecule has 0 aliphatic heterocycles. The van der Waals surface area contributed by atoms with E-state index in [1.807, 2.05) is 31.2 Å². The molecule has 0 spiro atoms. The number of carboxylic acid groups (broad SMARTS) is 1. The lowest BCUT2D eigenvalue weighted by Crippen LogP contribution is -2.12. The fourth-order valence-corrected chi connectivity index (χ4v) is 3.29. The van der Waals surface area contributed by atoms with E-state index in [1.54, 1.807) is 0 Å². The third kappa shape index (κ3) is 5.18. The number of carboxylic acids is 1. The number of nitrogens with zero attached hydrogens (tertiary/aromatic N) is 1. The Hall–Kier alpha value is -2.10. The van der Waals surface area contributed by atoms with E-state index in [2.05, 4.69) is 13.8 Å². The molecule has 0 bridgehead atoms. The summed E-state index contributed by atoms with van der Waals surface area (Å²) in [4.78, 5) is 15.8. The van der Waals surface area contributed by atoms with Gasteiger partial charge in [0.05, 0.1) is 11.2 Å². The van der Waals surface area contributed by atoms with Gasteiger partial charge in [0.15, 0.2) is 6.61 Å². The topological polar surface area (TPSA) is 59.4 Å². The van der Waals surface area contributed by atoms with Gasteiger partial charge in [-0.15, -0.1) is 0 Å². The summed E-state index contributed by atoms with van der Waals surface area (Å²) in [7, 11) is 0. The molecule has 1 aromatic carbocycles. The maximum absolute atomic E-state index is 10.9. The smallest absolute Gasteiger partial charge is 0.341 e. The Morgan fingerprint density at radius 2 is 1.92 bits per heavy atom. The minimum absolute atomic E-state index is 0.332. The van der Waals surface area contributed by atoms with Crippen molar-refractivity contribution in [2.24, 2.45) is 0 Å². The Balaban J connectivity index is 2.23. The van der Waals surface area contributed by atoms with Crippen LogP contribution in [-0.2, 0) is 4.79 Å². The normalized spacial score (nSPS) is 12.3. The molecule has 2 aromatic rings. The molecule has 4 nitrogen and oxygen atoms in total. The van der Waals surface area contributed by atoms with Crippen molar-refractivity contribution in [3.63, 3.8) is 0 Å². The van der Waals surface area contributed by atoms with Gasteiger partial charge in [-0.2, -0.15) is 0 Å². The number of unbranched alkanes of at least 4 members (excludes halogenated alkanes) is 4. The molecule has 0 unspecified atom stereocenters. The van der Waals surface area contributed by atoms with Crippen molar-refractivity contribution in [2.45, 2.75) is 65.2 Å². The molecule has 4 heteroatoms. The van der Waals surface area contributed by atoms with Gasteiger partial charge in [-0.05, 0) is 31.4 Å². The molecular formula is C21H29NO3. The highest BCUT2D eigenvalue weighted by molar-refractivity contribution is 5.87. The van der Waals surface area contributed by atoms with Crippen LogP contribution in [0.2, 0.25) is 0 Å². The lowest BCUT2D eigenvalue weighted by molar-refractivity contribution is -0.139. The summed E-state index contributed by atoms with van der Waals surface area (Å²) >= 11 is 0. The second-order valence-electron chi connectivity index (χ2n) is 6.75. The highest BCUT2D eigenvalue weighted by Gasteiger charge is 2.18. The fourth-order valence-electron chi connectivity index (χ4n) is 3.29. The summed E-state index contributed by atoms with van der Waals surface area (Å²) in [6.07, 6.45) is 7.39. The number of pyridine rings is 1. The van der Waals surface area contributed by atoms with Gasteiger partial charge in [0.2, 0.25) is 0 Å². The van der Waals surface area contributed by atoms with Crippen molar-refractivity contribution in [3.05, 3.63) is 35.5 Å². The number of ether oxygens (including phenoxy) is 1. The van der Waals surface area contributed by atoms with E-state index >= 15 is 0 Å². The molecular weight excluding hydrogens is 314 g/mol. The lowest BCUT2D eigenvalue weighted by atomic mass is 9.94. The average molecular weight is 343 g/mol. The van der Waals surface area contributed by atoms with Crippen LogP contribution >= 0.6 is 0 Å². The van der Waals surface area contributed by atoms with Gasteiger partial charge in [-0.25, -0.2) is 4.79 Å². The molecule has 25 heavy (non-hydrogen) atoms. The largest absolute Gasteiger partial charge is 0.481 e. The molecule has 0 aliphatic carbocycles. The van der Waals surface area contributed by atoms with E-state index in [0.717, 1.165) is 28.6 Å². The molecule has 1 aromatic heterocycles. The summed E-state index contributed by atoms with van der Waals surface area (Å²) in [5, 5.41) is 9.84. The Kier molecular flexibility index (Phi) is 7.23. The van der Waals surface area contributed by atoms with Crippen LogP contribution < -0.4 is 4.74 Å². The predicted octanol–water partition coefficient (Wildman–Crippen LogP) is 5.47. The van der Waals surface area contributed by atoms with E-state index in [1.165, 1.54) is 32.1 Å². The van der Waals surface area contributed by atoms with Crippen molar-refractivity contribution in [1.29, 1.82) is 0 Å². The number of para-hydroxylation sites is 1. The Labute approximate surface area is 150 Å². The molecule has 0 saturated carbocycles. The van der Waals surface area contributed by atoms with Crippen LogP contribution in [0.4, 0.5) is 0 Å². The second-order valence-corrected chi connectivity index (χ2v) is 6.75. The molecule has 0 radical (unpaired) electrons. The van der Waals surface area contributed by atoms with Crippen LogP contribution in [0.3, 0.4) is 0 Å². The molecule has 1 N–H and O–H groups in total. The van der Waals surface area contributed by atoms with Crippen molar-refractivity contribution < 1.29 is 14.6 Å². The molecule has 2 rings (SSSR count). The maximum Gasteiger partial charge on any atom is 0.341 e. The summed E-state index contributed by atoms with van der Waals surface area (Å²) in [6.45, 7) is 6.08. The summed E-state index contributed by atoms with van der Waals surface area (Å²) in [5.74, 6) is 0.0186. The van der Waals surface area contributed by atoms with Crippen molar-refractivity contribution in [2.75, 3.05) is 6.61 Å². The minimum atomic E-state index is -0.967. The van der Waals surface area contributed by atoms with Crippen LogP contribution in [0.25, 0.3) is 10.9 Å². The number of fused-ring (bicyclic) bond motifs is 1. The monoisotopic (exact) mass is 343 g/mol. The van der Waals surface area contributed by atoms with E-state index < -0.39 is 5.97 Å². The molecule has 136 valence electrons. The number of carbonyl (C=O) groups is 1. The second kappa shape index (κ2) is 9.40. The van der Waals surface area contributed by atoms with Crippen LogP contribution in [-0.4, -0.2) is 22.7 Å². The molecule has 0 fully saturated rings. The third-order valence-electron chi connectivity index (χ3n) is 4.66. The molecule has 0 saturated heterocycles. The third-order valence-corrected chi connectivity index (χ3v) is 4.66. The Morgan fingerprint density at radius 3 is 2.64 bits per heavy atom. The molecule has 1 atom stereocenters. The minimum Gasteiger partial charge on any atom is -0.481 e. The van der Waals surface area contributed by atoms with Crippen LogP contribution in [0.1, 0.15) is 69.5 Å². The first-order chi connectivity index (χ1) is 12.0.